The molecule has 2 heterocycles. The lowest BCUT2D eigenvalue weighted by Crippen LogP contribution is -2.02. The van der Waals surface area contributed by atoms with Crippen LogP contribution in [0.3, 0.4) is 0 Å². The first kappa shape index (κ1) is 13.1. The van der Waals surface area contributed by atoms with Gasteiger partial charge in [-0.3, -0.25) is 0 Å². The number of nitrogens with one attached hydrogen (secondary N) is 1. The lowest BCUT2D eigenvalue weighted by atomic mass is 10.3. The highest BCUT2D eigenvalue weighted by Crippen LogP contribution is 2.41. The van der Waals surface area contributed by atoms with Gasteiger partial charge >= 0.3 is 0 Å². The maximum absolute atomic E-state index is 4.26. The van der Waals surface area contributed by atoms with Crippen LogP contribution in [0.4, 0.5) is 11.5 Å². The fraction of sp³-hybridized carbons (Fsp3) is 0. The fourth-order valence-electron chi connectivity index (χ4n) is 1.38. The number of aromatic nitrogens is 2. The van der Waals surface area contributed by atoms with Crippen molar-refractivity contribution < 1.29 is 0 Å². The van der Waals surface area contributed by atoms with Gasteiger partial charge in [0.1, 0.15) is 5.03 Å². The highest BCUT2D eigenvalue weighted by molar-refractivity contribution is 7.99. The van der Waals surface area contributed by atoms with Gasteiger partial charge in [0, 0.05) is 17.3 Å². The second kappa shape index (κ2) is 5.39. The molecule has 16 heavy (non-hydrogen) atoms. The summed E-state index contributed by atoms with van der Waals surface area (Å²) in [5.41, 5.74) is 1.10. The average Bonchev–Trinajstić information content (AvgIpc) is 2.26. The summed E-state index contributed by atoms with van der Waals surface area (Å²) >= 11 is 1.65. The molecule has 6 heteroatoms. The molecule has 0 aliphatic carbocycles. The molecule has 3 rings (SSSR count). The number of hydrogen-bond acceptors (Lipinski definition) is 4. The Kier molecular flexibility index (Phi) is 4.41. The zero-order valence-electron chi connectivity index (χ0n) is 8.08. The first-order chi connectivity index (χ1) is 6.93. The zero-order valence-corrected chi connectivity index (χ0v) is 10.5. The zero-order chi connectivity index (χ0) is 9.38. The van der Waals surface area contributed by atoms with Crippen molar-refractivity contribution in [3.63, 3.8) is 0 Å². The van der Waals surface area contributed by atoms with Gasteiger partial charge in [-0.25, -0.2) is 9.97 Å². The van der Waals surface area contributed by atoms with Crippen LogP contribution >= 0.6 is 36.6 Å². The Morgan fingerprint density at radius 2 is 1.75 bits per heavy atom. The highest BCUT2D eigenvalue weighted by atomic mass is 35.5. The standard InChI is InChI=1S/C10H7N3S.2ClH/c1-2-4-8-7(3-1)13-9-10(14-8)12-6-5-11-9;;/h1-6H,(H,11,13);2*1H. The molecule has 1 aliphatic rings. The van der Waals surface area contributed by atoms with Crippen molar-refractivity contribution in [2.24, 2.45) is 0 Å². The van der Waals surface area contributed by atoms with Gasteiger partial charge in [-0.05, 0) is 12.1 Å². The summed E-state index contributed by atoms with van der Waals surface area (Å²) in [4.78, 5) is 9.67. The van der Waals surface area contributed by atoms with Crippen LogP contribution in [-0.2, 0) is 0 Å². The molecule has 0 fully saturated rings. The smallest absolute Gasteiger partial charge is 0.163 e. The minimum absolute atomic E-state index is 0. The molecule has 0 spiro atoms. The largest absolute Gasteiger partial charge is 0.337 e. The third kappa shape index (κ3) is 2.24. The predicted molar refractivity (Wildman–Crippen MR) is 70.4 cm³/mol. The number of halogens is 2. The number of benzene rings is 1. The quantitative estimate of drug-likeness (QED) is 0.680. The van der Waals surface area contributed by atoms with E-state index in [1.54, 1.807) is 24.2 Å². The van der Waals surface area contributed by atoms with Gasteiger partial charge < -0.3 is 5.32 Å². The van der Waals surface area contributed by atoms with Gasteiger partial charge in [0.25, 0.3) is 0 Å². The van der Waals surface area contributed by atoms with E-state index in [0.717, 1.165) is 16.5 Å². The van der Waals surface area contributed by atoms with Crippen LogP contribution in [-0.4, -0.2) is 9.97 Å². The lowest BCUT2D eigenvalue weighted by molar-refractivity contribution is 1.05. The summed E-state index contributed by atoms with van der Waals surface area (Å²) in [6, 6.07) is 8.15. The monoisotopic (exact) mass is 273 g/mol. The van der Waals surface area contributed by atoms with Gasteiger partial charge in [0.15, 0.2) is 5.82 Å². The van der Waals surface area contributed by atoms with Gasteiger partial charge in [-0.2, -0.15) is 0 Å². The maximum Gasteiger partial charge on any atom is 0.163 e. The summed E-state index contributed by atoms with van der Waals surface area (Å²) < 4.78 is 0. The number of nitrogens with zero attached hydrogens (tertiary/aromatic N) is 2. The normalized spacial score (nSPS) is 11.0. The Morgan fingerprint density at radius 1 is 1.00 bits per heavy atom. The summed E-state index contributed by atoms with van der Waals surface area (Å²) in [5, 5.41) is 4.18. The molecular weight excluding hydrogens is 265 g/mol. The Bertz CT molecular complexity index is 405. The molecule has 3 nitrogen and oxygen atoms in total. The van der Waals surface area contributed by atoms with E-state index < -0.39 is 0 Å². The van der Waals surface area contributed by atoms with Crippen molar-refractivity contribution >= 4 is 48.1 Å². The van der Waals surface area contributed by atoms with Crippen molar-refractivity contribution in [2.45, 2.75) is 9.92 Å². The van der Waals surface area contributed by atoms with E-state index in [1.165, 1.54) is 4.90 Å². The van der Waals surface area contributed by atoms with Crippen LogP contribution in [0.25, 0.3) is 0 Å². The van der Waals surface area contributed by atoms with Crippen LogP contribution in [0.5, 0.6) is 0 Å². The van der Waals surface area contributed by atoms with E-state index in [0.29, 0.717) is 0 Å². The Labute approximate surface area is 110 Å². The Hall–Kier alpha value is -0.970. The number of fused-ring (bicyclic) bond motifs is 2. The SMILES string of the molecule is Cl.Cl.c1ccc2c(c1)Nc1nccnc1S2. The van der Waals surface area contributed by atoms with Crippen LogP contribution in [0.15, 0.2) is 46.6 Å². The first-order valence-corrected chi connectivity index (χ1v) is 5.10. The van der Waals surface area contributed by atoms with Crippen molar-refractivity contribution in [3.05, 3.63) is 36.7 Å². The molecule has 1 aliphatic heterocycles. The number of para-hydroxylation sites is 1. The van der Waals surface area contributed by atoms with E-state index in [1.807, 2.05) is 18.2 Å². The van der Waals surface area contributed by atoms with Crippen LogP contribution in [0, 0.1) is 0 Å². The maximum atomic E-state index is 4.26. The molecule has 1 aromatic heterocycles. The average molecular weight is 274 g/mol. The molecule has 84 valence electrons. The molecule has 0 atom stereocenters. The van der Waals surface area contributed by atoms with E-state index >= 15 is 0 Å². The van der Waals surface area contributed by atoms with Gasteiger partial charge in [0.05, 0.1) is 5.69 Å². The third-order valence-corrected chi connectivity index (χ3v) is 3.08. The highest BCUT2D eigenvalue weighted by Gasteiger charge is 2.15. The summed E-state index contributed by atoms with van der Waals surface area (Å²) in [6.07, 6.45) is 3.40. The molecule has 0 bridgehead atoms. The van der Waals surface area contributed by atoms with Crippen LogP contribution in [0.1, 0.15) is 0 Å². The van der Waals surface area contributed by atoms with E-state index in [4.69, 9.17) is 0 Å². The van der Waals surface area contributed by atoms with E-state index in [9.17, 15) is 0 Å². The van der Waals surface area contributed by atoms with Crippen molar-refractivity contribution in [2.75, 3.05) is 5.32 Å². The van der Waals surface area contributed by atoms with E-state index in [2.05, 4.69) is 21.4 Å². The van der Waals surface area contributed by atoms with E-state index in [-0.39, 0.29) is 24.8 Å². The molecular formula is C10H9Cl2N3S. The lowest BCUT2D eigenvalue weighted by Gasteiger charge is -2.17. The van der Waals surface area contributed by atoms with Crippen LogP contribution < -0.4 is 5.32 Å². The van der Waals surface area contributed by atoms with Crippen molar-refractivity contribution in [1.82, 2.24) is 9.97 Å². The second-order valence-corrected chi connectivity index (χ2v) is 3.96. The molecule has 0 unspecified atom stereocenters. The van der Waals surface area contributed by atoms with Crippen molar-refractivity contribution in [1.29, 1.82) is 0 Å². The second-order valence-electron chi connectivity index (χ2n) is 2.93. The molecule has 0 amide bonds. The Morgan fingerprint density at radius 3 is 2.62 bits per heavy atom. The van der Waals surface area contributed by atoms with Gasteiger partial charge in [0.2, 0.25) is 0 Å². The van der Waals surface area contributed by atoms with Gasteiger partial charge in [-0.1, -0.05) is 23.9 Å². The molecule has 1 N–H and O–H groups in total. The number of rotatable bonds is 0. The Balaban J connectivity index is 0.000000640. The number of hydrogen-bond donors (Lipinski definition) is 1. The molecule has 1 aromatic carbocycles. The minimum atomic E-state index is 0. The predicted octanol–water partition coefficient (Wildman–Crippen LogP) is 3.53. The fourth-order valence-corrected chi connectivity index (χ4v) is 2.27. The van der Waals surface area contributed by atoms with Crippen LogP contribution in [0.2, 0.25) is 0 Å². The number of anilines is 2. The third-order valence-electron chi connectivity index (χ3n) is 2.01. The summed E-state index contributed by atoms with van der Waals surface area (Å²) in [6.45, 7) is 0. The van der Waals surface area contributed by atoms with Crippen molar-refractivity contribution in [3.8, 4) is 0 Å². The molecule has 0 saturated heterocycles. The first-order valence-electron chi connectivity index (χ1n) is 4.28. The minimum Gasteiger partial charge on any atom is -0.337 e. The summed E-state index contributed by atoms with van der Waals surface area (Å²) in [5.74, 6) is 0.844. The topological polar surface area (TPSA) is 37.8 Å². The molecule has 0 saturated carbocycles. The molecule has 0 radical (unpaired) electrons. The summed E-state index contributed by atoms with van der Waals surface area (Å²) in [7, 11) is 0. The van der Waals surface area contributed by atoms with Gasteiger partial charge in [-0.15, -0.1) is 24.8 Å². The molecule has 2 aromatic rings.